The van der Waals surface area contributed by atoms with Crippen LogP contribution in [0.3, 0.4) is 0 Å². The SMILES string of the molecule is CSCCCNC(=NCc1ccccc1OCC1CC1)NCc1nnc(C)n1C.I. The molecule has 0 spiro atoms. The molecule has 1 fully saturated rings. The molecule has 30 heavy (non-hydrogen) atoms. The van der Waals surface area contributed by atoms with Crippen LogP contribution in [0, 0.1) is 12.8 Å². The molecule has 7 nitrogen and oxygen atoms in total. The third kappa shape index (κ3) is 7.98. The summed E-state index contributed by atoms with van der Waals surface area (Å²) in [6.45, 7) is 4.78. The van der Waals surface area contributed by atoms with Crippen molar-refractivity contribution in [1.29, 1.82) is 0 Å². The second kappa shape index (κ2) is 13.0. The number of halogens is 1. The first-order chi connectivity index (χ1) is 14.2. The molecular weight excluding hydrogens is 511 g/mol. The second-order valence-corrected chi connectivity index (χ2v) is 8.36. The third-order valence-electron chi connectivity index (χ3n) is 4.97. The largest absolute Gasteiger partial charge is 0.493 e. The third-order valence-corrected chi connectivity index (χ3v) is 5.66. The van der Waals surface area contributed by atoms with Crippen LogP contribution < -0.4 is 15.4 Å². The Hall–Kier alpha value is -1.49. The van der Waals surface area contributed by atoms with Gasteiger partial charge >= 0.3 is 0 Å². The summed E-state index contributed by atoms with van der Waals surface area (Å²) in [5, 5.41) is 15.2. The van der Waals surface area contributed by atoms with Gasteiger partial charge in [-0.15, -0.1) is 34.2 Å². The number of rotatable bonds is 11. The fraction of sp³-hybridized carbons (Fsp3) is 0.571. The summed E-state index contributed by atoms with van der Waals surface area (Å²) < 4.78 is 8.01. The first kappa shape index (κ1) is 24.8. The van der Waals surface area contributed by atoms with Gasteiger partial charge in [-0.25, -0.2) is 4.99 Å². The molecule has 0 aliphatic heterocycles. The van der Waals surface area contributed by atoms with Crippen LogP contribution in [-0.4, -0.2) is 45.9 Å². The lowest BCUT2D eigenvalue weighted by Crippen LogP contribution is -2.38. The fourth-order valence-corrected chi connectivity index (χ4v) is 3.23. The molecule has 3 rings (SSSR count). The molecule has 0 atom stereocenters. The average Bonchev–Trinajstić information content (AvgIpc) is 3.51. The summed E-state index contributed by atoms with van der Waals surface area (Å²) in [5.41, 5.74) is 1.10. The highest BCUT2D eigenvalue weighted by Gasteiger charge is 2.22. The summed E-state index contributed by atoms with van der Waals surface area (Å²) in [6, 6.07) is 8.18. The quantitative estimate of drug-likeness (QED) is 0.195. The van der Waals surface area contributed by atoms with Gasteiger partial charge in [-0.05, 0) is 50.2 Å². The van der Waals surface area contributed by atoms with Crippen molar-refractivity contribution in [3.63, 3.8) is 0 Å². The Balaban J connectivity index is 0.00000320. The number of nitrogens with zero attached hydrogens (tertiary/aromatic N) is 4. The molecule has 0 unspecified atom stereocenters. The number of hydrogen-bond acceptors (Lipinski definition) is 5. The average molecular weight is 545 g/mol. The summed E-state index contributed by atoms with van der Waals surface area (Å²) in [4.78, 5) is 4.80. The highest BCUT2D eigenvalue weighted by Crippen LogP contribution is 2.30. The summed E-state index contributed by atoms with van der Waals surface area (Å²) in [6.07, 6.45) is 5.79. The van der Waals surface area contributed by atoms with Crippen LogP contribution in [0.15, 0.2) is 29.3 Å². The monoisotopic (exact) mass is 544 g/mol. The van der Waals surface area contributed by atoms with Crippen molar-refractivity contribution >= 4 is 41.7 Å². The lowest BCUT2D eigenvalue weighted by atomic mass is 10.2. The van der Waals surface area contributed by atoms with Crippen LogP contribution in [0.5, 0.6) is 5.75 Å². The fourth-order valence-electron chi connectivity index (χ4n) is 2.80. The molecule has 1 aromatic carbocycles. The predicted molar refractivity (Wildman–Crippen MR) is 135 cm³/mol. The van der Waals surface area contributed by atoms with Crippen molar-refractivity contribution in [1.82, 2.24) is 25.4 Å². The zero-order chi connectivity index (χ0) is 20.5. The maximum absolute atomic E-state index is 6.02. The van der Waals surface area contributed by atoms with Gasteiger partial charge in [-0.1, -0.05) is 18.2 Å². The minimum Gasteiger partial charge on any atom is -0.493 e. The number of ether oxygens (including phenoxy) is 1. The van der Waals surface area contributed by atoms with E-state index in [1.165, 1.54) is 12.8 Å². The molecule has 9 heteroatoms. The van der Waals surface area contributed by atoms with E-state index in [0.29, 0.717) is 13.1 Å². The van der Waals surface area contributed by atoms with Gasteiger partial charge in [-0.2, -0.15) is 11.8 Å². The van der Waals surface area contributed by atoms with Gasteiger partial charge in [0.2, 0.25) is 0 Å². The Morgan fingerprint density at radius 3 is 2.77 bits per heavy atom. The standard InChI is InChI=1S/C21H32N6OS.HI/c1-16-25-26-20(27(16)2)14-24-21(22-11-6-12-29-3)23-13-18-7-4-5-8-19(18)28-15-17-9-10-17;/h4-5,7-8,17H,6,9-15H2,1-3H3,(H2,22,23,24);1H. The number of aryl methyl sites for hydroxylation is 1. The molecular formula is C21H33IN6OS. The maximum Gasteiger partial charge on any atom is 0.191 e. The summed E-state index contributed by atoms with van der Waals surface area (Å²) in [5.74, 6) is 5.36. The lowest BCUT2D eigenvalue weighted by molar-refractivity contribution is 0.297. The second-order valence-electron chi connectivity index (χ2n) is 7.38. The van der Waals surface area contributed by atoms with Crippen molar-refractivity contribution in [2.75, 3.05) is 25.2 Å². The number of thioether (sulfide) groups is 1. The predicted octanol–water partition coefficient (Wildman–Crippen LogP) is 3.52. The molecule has 0 amide bonds. The zero-order valence-electron chi connectivity index (χ0n) is 18.1. The van der Waals surface area contributed by atoms with E-state index in [4.69, 9.17) is 9.73 Å². The summed E-state index contributed by atoms with van der Waals surface area (Å²) in [7, 11) is 1.97. The van der Waals surface area contributed by atoms with E-state index in [0.717, 1.165) is 60.2 Å². The number of guanidine groups is 1. The minimum atomic E-state index is 0. The minimum absolute atomic E-state index is 0. The molecule has 0 radical (unpaired) electrons. The van der Waals surface area contributed by atoms with Gasteiger partial charge in [-0.3, -0.25) is 0 Å². The number of benzene rings is 1. The van der Waals surface area contributed by atoms with Gasteiger partial charge in [0.25, 0.3) is 0 Å². The number of hydrogen-bond donors (Lipinski definition) is 2. The van der Waals surface area contributed by atoms with Crippen LogP contribution in [0.4, 0.5) is 0 Å². The van der Waals surface area contributed by atoms with Crippen LogP contribution in [0.1, 0.15) is 36.5 Å². The Kier molecular flexibility index (Phi) is 10.8. The van der Waals surface area contributed by atoms with Crippen LogP contribution >= 0.6 is 35.7 Å². The normalized spacial score (nSPS) is 13.6. The Bertz CT molecular complexity index is 809. The summed E-state index contributed by atoms with van der Waals surface area (Å²) >= 11 is 1.85. The molecule has 2 aromatic rings. The molecule has 2 N–H and O–H groups in total. The van der Waals surface area contributed by atoms with E-state index in [1.54, 1.807) is 0 Å². The highest BCUT2D eigenvalue weighted by atomic mass is 127. The van der Waals surface area contributed by atoms with Gasteiger partial charge in [0.15, 0.2) is 11.8 Å². The number of aliphatic imine (C=N–C) groups is 1. The van der Waals surface area contributed by atoms with E-state index in [1.807, 2.05) is 48.5 Å². The molecule has 1 aromatic heterocycles. The molecule has 1 heterocycles. The van der Waals surface area contributed by atoms with E-state index in [2.05, 4.69) is 33.2 Å². The molecule has 166 valence electrons. The van der Waals surface area contributed by atoms with Crippen LogP contribution in [0.2, 0.25) is 0 Å². The van der Waals surface area contributed by atoms with Gasteiger partial charge in [0.1, 0.15) is 11.6 Å². The Labute approximate surface area is 200 Å². The smallest absolute Gasteiger partial charge is 0.191 e. The number of para-hydroxylation sites is 1. The van der Waals surface area contributed by atoms with Gasteiger partial charge < -0.3 is 19.9 Å². The van der Waals surface area contributed by atoms with Crippen molar-refractivity contribution in [2.45, 2.75) is 39.3 Å². The molecule has 1 saturated carbocycles. The van der Waals surface area contributed by atoms with Crippen molar-refractivity contribution in [3.8, 4) is 5.75 Å². The first-order valence-electron chi connectivity index (χ1n) is 10.2. The van der Waals surface area contributed by atoms with Gasteiger partial charge in [0, 0.05) is 19.2 Å². The lowest BCUT2D eigenvalue weighted by Gasteiger charge is -2.14. The molecule has 1 aliphatic rings. The van der Waals surface area contributed by atoms with Gasteiger partial charge in [0.05, 0.1) is 19.7 Å². The first-order valence-corrected chi connectivity index (χ1v) is 11.6. The van der Waals surface area contributed by atoms with E-state index in [9.17, 15) is 0 Å². The molecule has 0 bridgehead atoms. The van der Waals surface area contributed by atoms with Crippen molar-refractivity contribution in [3.05, 3.63) is 41.5 Å². The Morgan fingerprint density at radius 1 is 1.27 bits per heavy atom. The van der Waals surface area contributed by atoms with Crippen molar-refractivity contribution in [2.24, 2.45) is 18.0 Å². The van der Waals surface area contributed by atoms with Crippen LogP contribution in [0.25, 0.3) is 0 Å². The van der Waals surface area contributed by atoms with E-state index in [-0.39, 0.29) is 24.0 Å². The maximum atomic E-state index is 6.02. The molecule has 1 aliphatic carbocycles. The Morgan fingerprint density at radius 2 is 2.07 bits per heavy atom. The molecule has 0 saturated heterocycles. The van der Waals surface area contributed by atoms with Crippen molar-refractivity contribution < 1.29 is 4.74 Å². The van der Waals surface area contributed by atoms with E-state index >= 15 is 0 Å². The van der Waals surface area contributed by atoms with E-state index < -0.39 is 0 Å². The topological polar surface area (TPSA) is 76.4 Å². The highest BCUT2D eigenvalue weighted by molar-refractivity contribution is 14.0. The number of nitrogens with one attached hydrogen (secondary N) is 2. The number of aromatic nitrogens is 3. The van der Waals surface area contributed by atoms with Crippen LogP contribution in [-0.2, 0) is 20.1 Å². The zero-order valence-corrected chi connectivity index (χ0v) is 21.2.